The van der Waals surface area contributed by atoms with Gasteiger partial charge in [0.1, 0.15) is 85.5 Å². The summed E-state index contributed by atoms with van der Waals surface area (Å²) in [6.45, 7) is -1.59. The van der Waals surface area contributed by atoms with Gasteiger partial charge >= 0.3 is 11.9 Å². The highest BCUT2D eigenvalue weighted by Crippen LogP contribution is 2.34. The average Bonchev–Trinajstić information content (AvgIpc) is 3.09. The second-order valence-electron chi connectivity index (χ2n) is 12.2. The first kappa shape index (κ1) is 41.9. The Morgan fingerprint density at radius 1 is 0.510 bits per heavy atom. The molecule has 4 saturated heterocycles. The molecule has 0 radical (unpaired) electrons. The zero-order valence-electron chi connectivity index (χ0n) is 26.6. The third-order valence-corrected chi connectivity index (χ3v) is 8.75. The van der Waals surface area contributed by atoms with Crippen molar-refractivity contribution in [3.8, 4) is 0 Å². The van der Waals surface area contributed by atoms with Crippen molar-refractivity contribution in [3.63, 3.8) is 0 Å². The second-order valence-corrected chi connectivity index (χ2v) is 12.2. The molecule has 24 heteroatoms. The molecule has 51 heavy (non-hydrogen) atoms. The van der Waals surface area contributed by atoms with Crippen molar-refractivity contribution >= 4 is 11.9 Å². The van der Waals surface area contributed by atoms with E-state index in [2.05, 4.69) is 0 Å². The van der Waals surface area contributed by atoms with Crippen LogP contribution in [0.4, 0.5) is 0 Å². The lowest BCUT2D eigenvalue weighted by atomic mass is 9.95. The summed E-state index contributed by atoms with van der Waals surface area (Å²) in [5, 5.41) is 134. The van der Waals surface area contributed by atoms with Gasteiger partial charge in [-0.05, 0) is 13.0 Å². The van der Waals surface area contributed by atoms with Crippen LogP contribution in [0.2, 0.25) is 0 Å². The summed E-state index contributed by atoms with van der Waals surface area (Å²) >= 11 is 0. The third-order valence-electron chi connectivity index (χ3n) is 8.75. The highest BCUT2D eigenvalue weighted by molar-refractivity contribution is 5.74. The molecule has 0 aromatic carbocycles. The largest absolute Gasteiger partial charge is 0.479 e. The Labute approximate surface area is 287 Å². The number of aliphatic hydroxyl groups is 11. The van der Waals surface area contributed by atoms with Gasteiger partial charge in [-0.3, -0.25) is 0 Å². The Bertz CT molecular complexity index is 1130. The Morgan fingerprint density at radius 2 is 0.902 bits per heavy atom. The van der Waals surface area contributed by atoms with Crippen LogP contribution in [0.3, 0.4) is 0 Å². The molecule has 4 fully saturated rings. The number of rotatable bonds is 14. The number of hydrogen-bond donors (Lipinski definition) is 14. The molecule has 24 nitrogen and oxygen atoms in total. The van der Waals surface area contributed by atoms with E-state index in [4.69, 9.17) is 43.6 Å². The molecular weight excluding hydrogens is 706 g/mol. The lowest BCUT2D eigenvalue weighted by Crippen LogP contribution is -2.68. The van der Waals surface area contributed by atoms with Gasteiger partial charge in [0.25, 0.3) is 0 Å². The summed E-state index contributed by atoms with van der Waals surface area (Å²) in [4.78, 5) is 23.7. The number of hydrogen-bond acceptors (Lipinski definition) is 22. The van der Waals surface area contributed by atoms with E-state index in [1.807, 2.05) is 0 Å². The molecule has 20 atom stereocenters. The Morgan fingerprint density at radius 3 is 1.37 bits per heavy atom. The van der Waals surface area contributed by atoms with Crippen LogP contribution in [0.15, 0.2) is 0 Å². The van der Waals surface area contributed by atoms with Gasteiger partial charge in [-0.1, -0.05) is 0 Å². The van der Waals surface area contributed by atoms with Gasteiger partial charge in [0.15, 0.2) is 37.4 Å². The predicted molar refractivity (Wildman–Crippen MR) is 152 cm³/mol. The van der Waals surface area contributed by atoms with Crippen molar-refractivity contribution in [2.45, 2.75) is 129 Å². The first-order valence-electron chi connectivity index (χ1n) is 15.8. The van der Waals surface area contributed by atoms with E-state index in [9.17, 15) is 76.0 Å². The summed E-state index contributed by atoms with van der Waals surface area (Å²) in [6.07, 6.45) is -39.1. The number of ether oxygens (including phenoxy) is 8. The van der Waals surface area contributed by atoms with Crippen LogP contribution in [0.5, 0.6) is 0 Å². The third kappa shape index (κ3) is 8.93. The Balaban J connectivity index is 1.45. The van der Waals surface area contributed by atoms with E-state index in [0.29, 0.717) is 6.42 Å². The van der Waals surface area contributed by atoms with Crippen LogP contribution in [-0.2, 0) is 47.5 Å². The molecular formula is C27H45NO23. The van der Waals surface area contributed by atoms with Crippen molar-refractivity contribution in [2.75, 3.05) is 26.4 Å². The number of aliphatic hydroxyl groups excluding tert-OH is 11. The highest BCUT2D eigenvalue weighted by Gasteiger charge is 2.56. The van der Waals surface area contributed by atoms with Gasteiger partial charge in [0, 0.05) is 0 Å². The fourth-order valence-electron chi connectivity index (χ4n) is 5.90. The molecule has 0 aromatic heterocycles. The molecule has 4 aliphatic heterocycles. The maximum atomic E-state index is 12.2. The first-order chi connectivity index (χ1) is 24.1. The lowest BCUT2D eigenvalue weighted by Gasteiger charge is -2.48. The predicted octanol–water partition coefficient (Wildman–Crippen LogP) is -9.19. The molecule has 0 saturated carbocycles. The summed E-state index contributed by atoms with van der Waals surface area (Å²) in [6, 6.07) is 0. The maximum absolute atomic E-state index is 12.2. The monoisotopic (exact) mass is 751 g/mol. The molecule has 296 valence electrons. The molecule has 4 rings (SSSR count). The molecule has 4 heterocycles. The summed E-state index contributed by atoms with van der Waals surface area (Å²) in [5.74, 6) is -3.58. The molecule has 0 unspecified atom stereocenters. The molecule has 15 N–H and O–H groups in total. The SMILES string of the molecule is NCCCO[C@@H]1O[C@H](CO)[C@@H](O[C@@H]2O[C@H](C(=O)O)[C@@H](O[C@@H]3O[C@H](CO)[C@@H](O[C@@H]4O[C@H](C(=O)O)[C@@H](O)[C@H](O)[C@H]4O)[C@H](O)[C@H]3O)[C@H](O)[C@H]2O)[C@H](O)[C@H]1O. The average molecular weight is 752 g/mol. The van der Waals surface area contributed by atoms with E-state index in [1.54, 1.807) is 0 Å². The van der Waals surface area contributed by atoms with Crippen molar-refractivity contribution in [1.82, 2.24) is 0 Å². The van der Waals surface area contributed by atoms with Gasteiger partial charge in [0.2, 0.25) is 0 Å². The second kappa shape index (κ2) is 18.0. The van der Waals surface area contributed by atoms with Crippen molar-refractivity contribution in [2.24, 2.45) is 5.73 Å². The van der Waals surface area contributed by atoms with Gasteiger partial charge < -0.3 is 110 Å². The topological polar surface area (TPSA) is 397 Å². The Kier molecular flexibility index (Phi) is 14.8. The first-order valence-corrected chi connectivity index (χ1v) is 15.8. The standard InChI is InChI=1S/C27H45NO23/c28-2-1-3-44-24-14(37)10(33)17(6(4-29)45-24)48-27-16(39)12(35)19(21(51-27)23(42)43)49-25-15(38)11(34)18(7(5-30)46-25)47-26-13(36)8(31)9(32)20(50-26)22(40)41/h6-21,24-27,29-39H,1-5,28H2,(H,40,41)(H,42,43)/t6-,7-,8+,9+,10-,11-,12-,13-,14-,15-,16-,17-,18-,19+,20+,21+,24-,25+,26-,27-/m1/s1. The van der Waals surface area contributed by atoms with Crippen LogP contribution in [0.1, 0.15) is 6.42 Å². The van der Waals surface area contributed by atoms with Crippen LogP contribution >= 0.6 is 0 Å². The number of aliphatic carboxylic acids is 2. The number of carboxylic acids is 2. The summed E-state index contributed by atoms with van der Waals surface area (Å²) in [7, 11) is 0. The van der Waals surface area contributed by atoms with Crippen LogP contribution in [-0.4, -0.2) is 228 Å². The minimum absolute atomic E-state index is 0.0243. The lowest BCUT2D eigenvalue weighted by molar-refractivity contribution is -0.384. The molecule has 0 aromatic rings. The van der Waals surface area contributed by atoms with Crippen molar-refractivity contribution in [1.29, 1.82) is 0 Å². The zero-order valence-corrected chi connectivity index (χ0v) is 26.6. The van der Waals surface area contributed by atoms with Gasteiger partial charge in [-0.25, -0.2) is 9.59 Å². The Hall–Kier alpha value is -1.86. The van der Waals surface area contributed by atoms with Crippen molar-refractivity contribution in [3.05, 3.63) is 0 Å². The minimum atomic E-state index is -2.24. The fraction of sp³-hybridized carbons (Fsp3) is 0.926. The number of nitrogens with two attached hydrogens (primary N) is 1. The van der Waals surface area contributed by atoms with E-state index < -0.39 is 148 Å². The minimum Gasteiger partial charge on any atom is -0.479 e. The quantitative estimate of drug-likeness (QED) is 0.0733. The van der Waals surface area contributed by atoms with Gasteiger partial charge in [-0.2, -0.15) is 0 Å². The fourth-order valence-corrected chi connectivity index (χ4v) is 5.90. The molecule has 0 spiro atoms. The number of carbonyl (C=O) groups is 2. The van der Waals surface area contributed by atoms with Crippen molar-refractivity contribution < 1.29 is 114 Å². The van der Waals surface area contributed by atoms with E-state index in [1.165, 1.54) is 0 Å². The molecule has 0 aliphatic carbocycles. The summed E-state index contributed by atoms with van der Waals surface area (Å²) in [5.41, 5.74) is 5.40. The zero-order chi connectivity index (χ0) is 37.9. The van der Waals surface area contributed by atoms with Crippen LogP contribution < -0.4 is 5.73 Å². The summed E-state index contributed by atoms with van der Waals surface area (Å²) < 4.78 is 42.8. The van der Waals surface area contributed by atoms with E-state index >= 15 is 0 Å². The molecule has 0 amide bonds. The molecule has 4 aliphatic rings. The number of carboxylic acid groups (broad SMARTS) is 2. The van der Waals surface area contributed by atoms with Crippen LogP contribution in [0, 0.1) is 0 Å². The van der Waals surface area contributed by atoms with E-state index in [-0.39, 0.29) is 13.2 Å². The van der Waals surface area contributed by atoms with Gasteiger partial charge in [-0.15, -0.1) is 0 Å². The van der Waals surface area contributed by atoms with Crippen LogP contribution in [0.25, 0.3) is 0 Å². The smallest absolute Gasteiger partial charge is 0.335 e. The highest BCUT2D eigenvalue weighted by atomic mass is 16.8. The normalized spacial score (nSPS) is 47.9. The maximum Gasteiger partial charge on any atom is 0.335 e. The molecule has 0 bridgehead atoms. The van der Waals surface area contributed by atoms with Gasteiger partial charge in [0.05, 0.1) is 19.8 Å². The van der Waals surface area contributed by atoms with E-state index in [0.717, 1.165) is 0 Å².